The van der Waals surface area contributed by atoms with E-state index in [0.29, 0.717) is 22.4 Å². The van der Waals surface area contributed by atoms with E-state index >= 15 is 0 Å². The van der Waals surface area contributed by atoms with Crippen LogP contribution in [0.15, 0.2) is 65.5 Å². The number of halogens is 3. The van der Waals surface area contributed by atoms with Crippen molar-refractivity contribution in [1.82, 2.24) is 20.3 Å². The summed E-state index contributed by atoms with van der Waals surface area (Å²) in [6.07, 6.45) is 2.95. The molecule has 6 N–H and O–H groups in total. The highest BCUT2D eigenvalue weighted by atomic mass is 79.9. The molecule has 0 aliphatic rings. The van der Waals surface area contributed by atoms with Gasteiger partial charge in [-0.05, 0) is 70.4 Å². The molecule has 0 saturated carbocycles. The molecule has 0 fully saturated rings. The fourth-order valence-corrected chi connectivity index (χ4v) is 5.27. The first-order valence-corrected chi connectivity index (χ1v) is 13.3. The lowest BCUT2D eigenvalue weighted by Crippen LogP contribution is -2.29. The number of nitrogens with one attached hydrogen (secondary N) is 2. The van der Waals surface area contributed by atoms with Crippen LogP contribution in [0.4, 0.5) is 26.1 Å². The number of anilines is 3. The maximum atomic E-state index is 13.7. The van der Waals surface area contributed by atoms with Gasteiger partial charge >= 0.3 is 0 Å². The third-order valence-electron chi connectivity index (χ3n) is 6.13. The molecule has 8 nitrogen and oxygen atoms in total. The van der Waals surface area contributed by atoms with Gasteiger partial charge in [-0.3, -0.25) is 4.79 Å². The van der Waals surface area contributed by atoms with E-state index in [0.717, 1.165) is 38.4 Å². The zero-order chi connectivity index (χ0) is 27.7. The number of carbonyl (C=O) groups is 1. The number of rotatable bonds is 7. The molecule has 0 aliphatic heterocycles. The molecule has 3 aromatic heterocycles. The van der Waals surface area contributed by atoms with E-state index in [-0.39, 0.29) is 17.1 Å². The molecular formula is C27H22BrF2N7OS. The molecule has 3 heterocycles. The van der Waals surface area contributed by atoms with Crippen molar-refractivity contribution in [1.29, 1.82) is 0 Å². The van der Waals surface area contributed by atoms with Crippen LogP contribution < -0.4 is 22.1 Å². The van der Waals surface area contributed by atoms with Crippen LogP contribution in [0.2, 0.25) is 0 Å². The summed E-state index contributed by atoms with van der Waals surface area (Å²) in [6.45, 7) is 2.05. The molecule has 198 valence electrons. The normalized spacial score (nSPS) is 11.9. The number of benzene rings is 2. The van der Waals surface area contributed by atoms with E-state index in [1.54, 1.807) is 18.3 Å². The molecule has 1 unspecified atom stereocenters. The molecule has 12 heteroatoms. The number of nitrogens with two attached hydrogens (primary N) is 2. The molecule has 0 saturated heterocycles. The Hall–Kier alpha value is -4.16. The van der Waals surface area contributed by atoms with Crippen LogP contribution in [-0.2, 0) is 6.54 Å². The summed E-state index contributed by atoms with van der Waals surface area (Å²) >= 11 is 4.89. The standard InChI is InChI=1S/C27H22BrF2N7OS/c1-13(14-2-5-19(29)20(30)9-14)37-27(38)23-24(31)18(28)11-34-26(23)33-10-16-4-7-22(39-16)15-3-6-21-17(8-15)25(32)36-12-35-21/h2-9,11-13H,10H2,1H3,(H,37,38)(H3,31,33,34)(H2,32,35,36). The minimum atomic E-state index is -0.990. The highest BCUT2D eigenvalue weighted by Crippen LogP contribution is 2.33. The van der Waals surface area contributed by atoms with Crippen LogP contribution in [0.3, 0.4) is 0 Å². The van der Waals surface area contributed by atoms with E-state index in [2.05, 4.69) is 41.5 Å². The number of pyridine rings is 1. The summed E-state index contributed by atoms with van der Waals surface area (Å²) in [5, 5.41) is 6.77. The number of hydrogen-bond donors (Lipinski definition) is 4. The Balaban J connectivity index is 1.34. The summed E-state index contributed by atoms with van der Waals surface area (Å²) in [4.78, 5) is 27.9. The van der Waals surface area contributed by atoms with E-state index in [1.165, 1.54) is 18.6 Å². The molecule has 1 atom stereocenters. The zero-order valence-corrected chi connectivity index (χ0v) is 22.9. The summed E-state index contributed by atoms with van der Waals surface area (Å²) < 4.78 is 27.5. The molecule has 39 heavy (non-hydrogen) atoms. The van der Waals surface area contributed by atoms with Crippen molar-refractivity contribution in [3.63, 3.8) is 0 Å². The lowest BCUT2D eigenvalue weighted by molar-refractivity contribution is 0.0941. The molecule has 0 radical (unpaired) electrons. The summed E-state index contributed by atoms with van der Waals surface area (Å²) in [7, 11) is 0. The van der Waals surface area contributed by atoms with Gasteiger partial charge in [-0.2, -0.15) is 0 Å². The first kappa shape index (κ1) is 26.4. The maximum Gasteiger partial charge on any atom is 0.257 e. The van der Waals surface area contributed by atoms with Crippen molar-refractivity contribution in [2.45, 2.75) is 19.5 Å². The Labute approximate surface area is 234 Å². The Morgan fingerprint density at radius 2 is 1.87 bits per heavy atom. The van der Waals surface area contributed by atoms with Crippen molar-refractivity contribution < 1.29 is 13.6 Å². The van der Waals surface area contributed by atoms with Gasteiger partial charge in [0, 0.05) is 21.3 Å². The second-order valence-corrected chi connectivity index (χ2v) is 10.7. The predicted octanol–water partition coefficient (Wildman–Crippen LogP) is 6.06. The van der Waals surface area contributed by atoms with Gasteiger partial charge in [0.15, 0.2) is 11.6 Å². The average Bonchev–Trinajstić information content (AvgIpc) is 3.40. The van der Waals surface area contributed by atoms with E-state index < -0.39 is 23.6 Å². The SMILES string of the molecule is CC(NC(=O)c1c(NCc2ccc(-c3ccc4ncnc(N)c4c3)s2)ncc(Br)c1N)c1ccc(F)c(F)c1. The Morgan fingerprint density at radius 1 is 1.05 bits per heavy atom. The summed E-state index contributed by atoms with van der Waals surface area (Å²) in [5.41, 5.74) is 14.8. The average molecular weight is 610 g/mol. The highest BCUT2D eigenvalue weighted by molar-refractivity contribution is 9.10. The number of carbonyl (C=O) groups excluding carboxylic acids is 1. The topological polar surface area (TPSA) is 132 Å². The largest absolute Gasteiger partial charge is 0.397 e. The van der Waals surface area contributed by atoms with Crippen LogP contribution in [0.5, 0.6) is 0 Å². The van der Waals surface area contributed by atoms with Gasteiger partial charge in [-0.1, -0.05) is 12.1 Å². The summed E-state index contributed by atoms with van der Waals surface area (Å²) in [6, 6.07) is 12.7. The number of amides is 1. The van der Waals surface area contributed by atoms with Crippen LogP contribution in [0.1, 0.15) is 33.8 Å². The van der Waals surface area contributed by atoms with Crippen molar-refractivity contribution in [3.8, 4) is 10.4 Å². The molecule has 0 spiro atoms. The van der Waals surface area contributed by atoms with Gasteiger partial charge in [0.2, 0.25) is 0 Å². The number of aromatic nitrogens is 3. The monoisotopic (exact) mass is 609 g/mol. The van der Waals surface area contributed by atoms with Gasteiger partial charge in [0.05, 0.1) is 28.3 Å². The lowest BCUT2D eigenvalue weighted by atomic mass is 10.1. The van der Waals surface area contributed by atoms with E-state index in [4.69, 9.17) is 11.5 Å². The van der Waals surface area contributed by atoms with Crippen LogP contribution in [0, 0.1) is 11.6 Å². The van der Waals surface area contributed by atoms with Crippen LogP contribution in [-0.4, -0.2) is 20.9 Å². The third kappa shape index (κ3) is 5.52. The fourth-order valence-electron chi connectivity index (χ4n) is 4.03. The second-order valence-electron chi connectivity index (χ2n) is 8.72. The van der Waals surface area contributed by atoms with E-state index in [1.807, 2.05) is 30.3 Å². The van der Waals surface area contributed by atoms with Crippen LogP contribution >= 0.6 is 27.3 Å². The number of fused-ring (bicyclic) bond motifs is 1. The van der Waals surface area contributed by atoms with Crippen molar-refractivity contribution in [3.05, 3.63) is 93.2 Å². The molecule has 5 rings (SSSR count). The van der Waals surface area contributed by atoms with Crippen molar-refractivity contribution in [2.75, 3.05) is 16.8 Å². The van der Waals surface area contributed by atoms with Crippen LogP contribution in [0.25, 0.3) is 21.3 Å². The lowest BCUT2D eigenvalue weighted by Gasteiger charge is -2.18. The Bertz CT molecular complexity index is 1710. The maximum absolute atomic E-state index is 13.7. The molecule has 0 bridgehead atoms. The highest BCUT2D eigenvalue weighted by Gasteiger charge is 2.21. The number of nitrogen functional groups attached to an aromatic ring is 2. The molecule has 2 aromatic carbocycles. The first-order chi connectivity index (χ1) is 18.7. The molecule has 1 amide bonds. The predicted molar refractivity (Wildman–Crippen MR) is 153 cm³/mol. The minimum Gasteiger partial charge on any atom is -0.397 e. The molecule has 5 aromatic rings. The van der Waals surface area contributed by atoms with Gasteiger partial charge in [0.25, 0.3) is 5.91 Å². The van der Waals surface area contributed by atoms with E-state index in [9.17, 15) is 13.6 Å². The smallest absolute Gasteiger partial charge is 0.257 e. The zero-order valence-electron chi connectivity index (χ0n) is 20.5. The van der Waals surface area contributed by atoms with Gasteiger partial charge in [0.1, 0.15) is 23.5 Å². The minimum absolute atomic E-state index is 0.139. The molecule has 0 aliphatic carbocycles. The number of nitrogens with zero attached hydrogens (tertiary/aromatic N) is 3. The molecular weight excluding hydrogens is 588 g/mol. The Morgan fingerprint density at radius 3 is 2.67 bits per heavy atom. The number of hydrogen-bond acceptors (Lipinski definition) is 8. The second kappa shape index (κ2) is 10.9. The third-order valence-corrected chi connectivity index (χ3v) is 7.90. The first-order valence-electron chi connectivity index (χ1n) is 11.7. The van der Waals surface area contributed by atoms with Gasteiger partial charge in [-0.25, -0.2) is 23.7 Å². The van der Waals surface area contributed by atoms with Crippen molar-refractivity contribution >= 4 is 61.4 Å². The number of thiophene rings is 1. The summed E-state index contributed by atoms with van der Waals surface area (Å²) in [5.74, 6) is -1.75. The quantitative estimate of drug-likeness (QED) is 0.176. The van der Waals surface area contributed by atoms with Gasteiger partial charge in [-0.15, -0.1) is 11.3 Å². The van der Waals surface area contributed by atoms with Gasteiger partial charge < -0.3 is 22.1 Å². The van der Waals surface area contributed by atoms with Crippen molar-refractivity contribution in [2.24, 2.45) is 0 Å². The Kier molecular flexibility index (Phi) is 7.40. The fraction of sp³-hybridized carbons (Fsp3) is 0.111.